The van der Waals surface area contributed by atoms with E-state index in [0.717, 1.165) is 98.4 Å². The van der Waals surface area contributed by atoms with Crippen molar-refractivity contribution in [2.45, 2.75) is 176 Å². The predicted molar refractivity (Wildman–Crippen MR) is 435 cm³/mol. The first kappa shape index (κ1) is 59.4. The van der Waals surface area contributed by atoms with Gasteiger partial charge in [-0.1, -0.05) is 109 Å². The fourth-order valence-corrected chi connectivity index (χ4v) is 16.9. The predicted octanol–water partition coefficient (Wildman–Crippen LogP) is 19.2. The van der Waals surface area contributed by atoms with Gasteiger partial charge in [0, 0.05) is 120 Å². The summed E-state index contributed by atoms with van der Waals surface area (Å²) in [6.45, 7) is 12.6. The minimum absolute atomic E-state index is 0.127. The van der Waals surface area contributed by atoms with E-state index in [1.807, 2.05) is 142 Å². The third-order valence-corrected chi connectivity index (χ3v) is 22.7. The lowest BCUT2D eigenvalue weighted by atomic mass is 9.63. The Morgan fingerprint density at radius 2 is 0.623 bits per heavy atom. The molecule has 2 bridgehead atoms. The average Bonchev–Trinajstić information content (AvgIpc) is 1.43. The van der Waals surface area contributed by atoms with Crippen molar-refractivity contribution >= 4 is 0 Å². The molecule has 0 radical (unpaired) electrons. The van der Waals surface area contributed by atoms with Gasteiger partial charge in [-0.3, -0.25) is 0 Å². The maximum Gasteiger partial charge on any atom is 0.216 e. The zero-order valence-corrected chi connectivity index (χ0v) is 64.5. The van der Waals surface area contributed by atoms with Gasteiger partial charge in [0.1, 0.15) is 42.3 Å². The molecule has 0 saturated heterocycles. The van der Waals surface area contributed by atoms with Crippen LogP contribution >= 0.6 is 0 Å². The number of fused-ring (bicyclic) bond motifs is 5. The largest absolute Gasteiger partial charge is 0.216 e. The number of hydrogen-bond donors (Lipinski definition) is 0. The Balaban J connectivity index is 0.000000117. The Morgan fingerprint density at radius 3 is 1.08 bits per heavy atom. The second-order valence-electron chi connectivity index (χ2n) is 30.1. The number of pyridine rings is 6. The standard InChI is InChI=1S/C18H20N.2C17H20N.3C16H18N/c1-12-5-3-4-6-16(12)18-10-17-14-7-13(8-14)9-15(17)11-19(18)2;1-13-7-3-6-10-16(13)17-11-14-8-4-5-9-15(14)12-18(17)2;1-13-7-3-5-9-15(13)17-16-10-6-4-8-14(16)11-12-18(17)2;1-12-6-3-4-9-15(12)16-10-13-7-5-8-14(13)11-17(16)2;2*1-12-6-3-4-8-14(12)16-15-9-5-7-13(15)10-11-17(16)2/h3-6,10-11,13-14H,7-9H2,1-2H3;3,6-7,10-12H,4-5,8-9H2,1-2H3;3,5,7,9,11-12H,4,6,8,10H2,1-2H3;3-4,6,9-11H,5,7-8H2,1-2H3;2*3-4,6,8,10-11H,5,7,9H2,1-2H3/q6*+1/i;8D2;8D2,10D2;7D2;7D2,9D2;. The highest BCUT2D eigenvalue weighted by Crippen LogP contribution is 2.50. The van der Waals surface area contributed by atoms with E-state index >= 15 is 0 Å². The Kier molecular flexibility index (Phi) is 18.4. The molecule has 20 rings (SSSR count). The molecular formula is C100H114N6+6. The van der Waals surface area contributed by atoms with E-state index in [9.17, 15) is 0 Å². The summed E-state index contributed by atoms with van der Waals surface area (Å²) in [4.78, 5) is 0. The molecule has 6 nitrogen and oxygen atoms in total. The maximum absolute atomic E-state index is 8.43. The van der Waals surface area contributed by atoms with Crippen LogP contribution in [0.5, 0.6) is 0 Å². The van der Waals surface area contributed by atoms with Crippen LogP contribution in [0.15, 0.2) is 219 Å². The van der Waals surface area contributed by atoms with Gasteiger partial charge in [0.05, 0.1) is 0 Å². The summed E-state index contributed by atoms with van der Waals surface area (Å²) in [7, 11) is 12.2. The zero-order valence-electron chi connectivity index (χ0n) is 76.5. The van der Waals surface area contributed by atoms with Crippen LogP contribution in [0.1, 0.15) is 180 Å². The molecule has 8 aliphatic carbocycles. The number of aromatic nitrogens is 6. The summed E-state index contributed by atoms with van der Waals surface area (Å²) in [5, 5.41) is 0. The molecular weight excluding hydrogens is 1290 g/mol. The number of hydrogen-bond acceptors (Lipinski definition) is 0. The van der Waals surface area contributed by atoms with E-state index in [0.29, 0.717) is 35.1 Å². The first-order valence-corrected chi connectivity index (χ1v) is 38.5. The van der Waals surface area contributed by atoms with Crippen molar-refractivity contribution in [2.75, 3.05) is 0 Å². The van der Waals surface area contributed by atoms with E-state index in [1.165, 1.54) is 94.4 Å². The van der Waals surface area contributed by atoms with Gasteiger partial charge in [-0.15, -0.1) is 0 Å². The normalized spacial score (nSPS) is 20.3. The quantitative estimate of drug-likeness (QED) is 0.148. The molecule has 0 N–H and O–H groups in total. The summed E-state index contributed by atoms with van der Waals surface area (Å²) in [6.07, 6.45) is 16.0. The molecule has 6 aromatic carbocycles. The molecule has 0 amide bonds. The SMILES string of the molecule is Cc1ccccc1-c1c2c(cc[n+]1C)CCC2.Cc1ccccc1-c1cc2c(c[n+]1C)CC1CC2C1.[2H]C1([2H])CC([2H])([2H])c2c1cc[n+](C)c2-c1ccccc1C.[2H]C1([2H])CCC([2H])([2H])c2c1cc[n+](C)c2-c1ccccc1C.[2H]C1([2H])CCCc2c[n+](C)c(-c3ccccc3C)cc21.[2H]C1([2H])CCc2c[n+](C)c(-c3ccccc3C)cc21. The molecule has 12 aromatic rings. The summed E-state index contributed by atoms with van der Waals surface area (Å²) in [5.74, 6) is 1.82. The van der Waals surface area contributed by atoms with Gasteiger partial charge in [-0.2, -0.15) is 0 Å². The van der Waals surface area contributed by atoms with E-state index in [4.69, 9.17) is 16.4 Å². The highest BCUT2D eigenvalue weighted by molar-refractivity contribution is 5.69. The minimum atomic E-state index is -1.66. The monoisotopic (exact) mass is 1410 g/mol. The molecule has 0 atom stereocenters. The zero-order chi connectivity index (χ0) is 84.3. The van der Waals surface area contributed by atoms with Crippen molar-refractivity contribution in [1.82, 2.24) is 0 Å². The van der Waals surface area contributed by atoms with Gasteiger partial charge in [0.2, 0.25) is 34.2 Å². The number of nitrogens with zero attached hydrogens (tertiary/aromatic N) is 6. The fraction of sp³-hybridized carbons (Fsp3) is 0.340. The minimum Gasteiger partial charge on any atom is -0.201 e. The van der Waals surface area contributed by atoms with Gasteiger partial charge < -0.3 is 0 Å². The van der Waals surface area contributed by atoms with Crippen LogP contribution in [0.2, 0.25) is 0 Å². The number of rotatable bonds is 6. The van der Waals surface area contributed by atoms with Gasteiger partial charge in [-0.25, -0.2) is 27.4 Å². The summed E-state index contributed by atoms with van der Waals surface area (Å²) in [6, 6.07) is 61.9. The molecule has 8 aliphatic rings. The highest BCUT2D eigenvalue weighted by atomic mass is 15.0. The third kappa shape index (κ3) is 15.9. The molecule has 538 valence electrons. The van der Waals surface area contributed by atoms with Crippen molar-refractivity contribution in [3.05, 3.63) is 319 Å². The second kappa shape index (κ2) is 32.9. The van der Waals surface area contributed by atoms with E-state index in [-0.39, 0.29) is 19.3 Å². The maximum atomic E-state index is 8.43. The number of aryl methyl sites for hydroxylation is 19. The van der Waals surface area contributed by atoms with Crippen LogP contribution in [-0.4, -0.2) is 0 Å². The van der Waals surface area contributed by atoms with Gasteiger partial charge in [-0.05, 0) is 285 Å². The summed E-state index contributed by atoms with van der Waals surface area (Å²) < 4.78 is 112. The Bertz CT molecular complexity index is 5810. The molecule has 1 saturated carbocycles. The van der Waals surface area contributed by atoms with E-state index in [1.54, 1.807) is 34.4 Å². The van der Waals surface area contributed by atoms with Crippen LogP contribution in [0.3, 0.4) is 0 Å². The van der Waals surface area contributed by atoms with Crippen LogP contribution in [0.25, 0.3) is 67.5 Å². The Hall–Kier alpha value is -9.78. The second-order valence-corrected chi connectivity index (χ2v) is 30.1. The summed E-state index contributed by atoms with van der Waals surface area (Å²) in [5.41, 5.74) is 33.1. The molecule has 0 aliphatic heterocycles. The Labute approximate surface area is 651 Å². The highest BCUT2D eigenvalue weighted by Gasteiger charge is 2.39. The molecule has 6 aromatic heterocycles. The first-order chi connectivity index (χ1) is 55.9. The molecule has 1 fully saturated rings. The van der Waals surface area contributed by atoms with Crippen molar-refractivity contribution in [2.24, 2.45) is 48.2 Å². The van der Waals surface area contributed by atoms with Gasteiger partial charge >= 0.3 is 0 Å². The van der Waals surface area contributed by atoms with Gasteiger partial charge in [0.25, 0.3) is 0 Å². The lowest BCUT2D eigenvalue weighted by Gasteiger charge is -2.41. The van der Waals surface area contributed by atoms with Crippen molar-refractivity contribution < 1.29 is 43.9 Å². The third-order valence-electron chi connectivity index (χ3n) is 22.7. The molecule has 6 heterocycles. The average molecular weight is 1410 g/mol. The van der Waals surface area contributed by atoms with Crippen LogP contribution in [0, 0.1) is 47.5 Å². The van der Waals surface area contributed by atoms with Crippen LogP contribution < -0.4 is 27.4 Å². The fourth-order valence-electron chi connectivity index (χ4n) is 16.9. The Morgan fingerprint density at radius 1 is 0.283 bits per heavy atom. The van der Waals surface area contributed by atoms with E-state index < -0.39 is 38.2 Å². The lowest BCUT2D eigenvalue weighted by molar-refractivity contribution is -0.661. The number of benzene rings is 6. The smallest absolute Gasteiger partial charge is 0.201 e. The van der Waals surface area contributed by atoms with Crippen molar-refractivity contribution in [3.8, 4) is 67.5 Å². The molecule has 0 unspecified atom stereocenters. The van der Waals surface area contributed by atoms with E-state index in [2.05, 4.69) is 176 Å². The van der Waals surface area contributed by atoms with Crippen LogP contribution in [-0.2, 0) is 113 Å². The van der Waals surface area contributed by atoms with Crippen LogP contribution in [0.4, 0.5) is 0 Å². The summed E-state index contributed by atoms with van der Waals surface area (Å²) >= 11 is 0. The molecule has 0 spiro atoms. The van der Waals surface area contributed by atoms with Crippen molar-refractivity contribution in [1.29, 1.82) is 0 Å². The first-order valence-electron chi connectivity index (χ1n) is 44.5. The molecule has 6 heteroatoms. The lowest BCUT2D eigenvalue weighted by Crippen LogP contribution is -2.37. The molecule has 106 heavy (non-hydrogen) atoms. The van der Waals surface area contributed by atoms with Crippen molar-refractivity contribution in [3.63, 3.8) is 0 Å². The van der Waals surface area contributed by atoms with Gasteiger partial charge in [0.15, 0.2) is 37.2 Å². The topological polar surface area (TPSA) is 23.3 Å².